The molecule has 2 aliphatic heterocycles. The monoisotopic (exact) mass is 395 g/mol. The predicted molar refractivity (Wildman–Crippen MR) is 105 cm³/mol. The molecule has 9 nitrogen and oxygen atoms in total. The van der Waals surface area contributed by atoms with Crippen LogP contribution in [0.25, 0.3) is 0 Å². The van der Waals surface area contributed by atoms with E-state index in [4.69, 9.17) is 4.74 Å². The molecule has 0 spiro atoms. The van der Waals surface area contributed by atoms with Crippen LogP contribution in [0.1, 0.15) is 33.6 Å². The van der Waals surface area contributed by atoms with Crippen LogP contribution in [0.5, 0.6) is 0 Å². The Hall–Kier alpha value is -3.33. The maximum Gasteiger partial charge on any atom is 0.261 e. The third kappa shape index (κ3) is 4.09. The van der Waals surface area contributed by atoms with Crippen LogP contribution in [-0.4, -0.2) is 65.4 Å². The van der Waals surface area contributed by atoms with Gasteiger partial charge in [-0.15, -0.1) is 0 Å². The van der Waals surface area contributed by atoms with Crippen LogP contribution in [0.3, 0.4) is 0 Å². The first-order valence-corrected chi connectivity index (χ1v) is 9.53. The van der Waals surface area contributed by atoms with Crippen molar-refractivity contribution in [3.63, 3.8) is 0 Å². The summed E-state index contributed by atoms with van der Waals surface area (Å²) in [6.07, 6.45) is 1.96. The van der Waals surface area contributed by atoms with Crippen molar-refractivity contribution < 1.29 is 19.1 Å². The number of nitrogens with one attached hydrogen (secondary N) is 1. The molecular formula is C20H21N5O4. The molecule has 0 unspecified atom stereocenters. The second kappa shape index (κ2) is 8.36. The van der Waals surface area contributed by atoms with Crippen molar-refractivity contribution in [2.75, 3.05) is 43.1 Å². The van der Waals surface area contributed by atoms with Crippen LogP contribution < -0.4 is 10.2 Å². The fraction of sp³-hybridized carbons (Fsp3) is 0.350. The number of rotatable bonds is 6. The summed E-state index contributed by atoms with van der Waals surface area (Å²) in [7, 11) is 0. The Bertz CT molecular complexity index is 907. The Balaban J connectivity index is 1.29. The summed E-state index contributed by atoms with van der Waals surface area (Å²) < 4.78 is 5.33. The van der Waals surface area contributed by atoms with Gasteiger partial charge in [-0.1, -0.05) is 12.1 Å². The van der Waals surface area contributed by atoms with E-state index < -0.39 is 0 Å². The Morgan fingerprint density at radius 2 is 1.76 bits per heavy atom. The standard InChI is InChI=1S/C20H21N5O4/c26-18(23-16-12-17(22-13-21-16)24-8-10-29-11-9-24)6-3-7-25-19(27)14-4-1-2-5-15(14)20(25)28/h1-2,4-5,12-13H,3,6-11H2,(H,21,22,23,26). The lowest BCUT2D eigenvalue weighted by Crippen LogP contribution is -2.36. The van der Waals surface area contributed by atoms with Crippen molar-refractivity contribution in [3.8, 4) is 0 Å². The molecule has 9 heteroatoms. The van der Waals surface area contributed by atoms with Gasteiger partial charge in [-0.05, 0) is 18.6 Å². The van der Waals surface area contributed by atoms with Gasteiger partial charge < -0.3 is 15.0 Å². The fourth-order valence-electron chi connectivity index (χ4n) is 3.43. The molecule has 150 valence electrons. The summed E-state index contributed by atoms with van der Waals surface area (Å²) >= 11 is 0. The number of imide groups is 1. The normalized spacial score (nSPS) is 16.1. The van der Waals surface area contributed by atoms with Crippen LogP contribution >= 0.6 is 0 Å². The molecule has 1 aromatic heterocycles. The number of ether oxygens (including phenoxy) is 1. The number of amides is 3. The second-order valence-electron chi connectivity index (χ2n) is 6.82. The minimum absolute atomic E-state index is 0.171. The van der Waals surface area contributed by atoms with Crippen molar-refractivity contribution in [2.24, 2.45) is 0 Å². The van der Waals surface area contributed by atoms with Crippen LogP contribution in [0, 0.1) is 0 Å². The van der Waals surface area contributed by atoms with Gasteiger partial charge in [0.25, 0.3) is 11.8 Å². The zero-order valence-electron chi connectivity index (χ0n) is 15.8. The number of hydrogen-bond donors (Lipinski definition) is 1. The second-order valence-corrected chi connectivity index (χ2v) is 6.82. The van der Waals surface area contributed by atoms with Crippen LogP contribution in [0.15, 0.2) is 36.7 Å². The third-order valence-corrected chi connectivity index (χ3v) is 4.92. The van der Waals surface area contributed by atoms with Gasteiger partial charge >= 0.3 is 0 Å². The highest BCUT2D eigenvalue weighted by molar-refractivity contribution is 6.21. The Morgan fingerprint density at radius 3 is 2.45 bits per heavy atom. The molecule has 0 atom stereocenters. The van der Waals surface area contributed by atoms with Crippen LogP contribution in [0.4, 0.5) is 11.6 Å². The molecule has 3 heterocycles. The number of anilines is 2. The van der Waals surface area contributed by atoms with E-state index in [0.717, 1.165) is 18.9 Å². The van der Waals surface area contributed by atoms with Gasteiger partial charge in [-0.25, -0.2) is 9.97 Å². The Morgan fingerprint density at radius 1 is 1.07 bits per heavy atom. The summed E-state index contributed by atoms with van der Waals surface area (Å²) in [5, 5.41) is 2.75. The van der Waals surface area contributed by atoms with Crippen molar-refractivity contribution in [2.45, 2.75) is 12.8 Å². The van der Waals surface area contributed by atoms with E-state index in [-0.39, 0.29) is 30.7 Å². The maximum absolute atomic E-state index is 12.3. The average molecular weight is 395 g/mol. The van der Waals surface area contributed by atoms with E-state index in [0.29, 0.717) is 36.6 Å². The minimum atomic E-state index is -0.308. The van der Waals surface area contributed by atoms with Gasteiger partial charge in [0.05, 0.1) is 24.3 Å². The number of hydrogen-bond acceptors (Lipinski definition) is 7. The lowest BCUT2D eigenvalue weighted by atomic mass is 10.1. The topological polar surface area (TPSA) is 105 Å². The SMILES string of the molecule is O=C(CCCN1C(=O)c2ccccc2C1=O)Nc1cc(N2CCOCC2)ncn1. The minimum Gasteiger partial charge on any atom is -0.378 e. The summed E-state index contributed by atoms with van der Waals surface area (Å²) in [4.78, 5) is 48.5. The van der Waals surface area contributed by atoms with Gasteiger partial charge in [0, 0.05) is 32.1 Å². The highest BCUT2D eigenvalue weighted by Crippen LogP contribution is 2.22. The summed E-state index contributed by atoms with van der Waals surface area (Å²) in [6.45, 7) is 2.96. The Labute approximate surface area is 167 Å². The van der Waals surface area contributed by atoms with Gasteiger partial charge in [0.1, 0.15) is 18.0 Å². The zero-order chi connectivity index (χ0) is 20.2. The van der Waals surface area contributed by atoms with Gasteiger partial charge in [0.15, 0.2) is 0 Å². The van der Waals surface area contributed by atoms with Gasteiger partial charge in [-0.2, -0.15) is 0 Å². The first-order valence-electron chi connectivity index (χ1n) is 9.53. The van der Waals surface area contributed by atoms with E-state index in [1.54, 1.807) is 30.3 Å². The lowest BCUT2D eigenvalue weighted by Gasteiger charge is -2.27. The average Bonchev–Trinajstić information content (AvgIpc) is 3.00. The number of aromatic nitrogens is 2. The first-order chi connectivity index (χ1) is 14.1. The van der Waals surface area contributed by atoms with E-state index in [9.17, 15) is 14.4 Å². The van der Waals surface area contributed by atoms with Crippen molar-refractivity contribution in [1.29, 1.82) is 0 Å². The van der Waals surface area contributed by atoms with Crippen molar-refractivity contribution in [1.82, 2.24) is 14.9 Å². The molecule has 1 N–H and O–H groups in total. The largest absolute Gasteiger partial charge is 0.378 e. The molecule has 0 saturated carbocycles. The highest BCUT2D eigenvalue weighted by atomic mass is 16.5. The quantitative estimate of drug-likeness (QED) is 0.736. The molecule has 0 bridgehead atoms. The van der Waals surface area contributed by atoms with E-state index in [2.05, 4.69) is 20.2 Å². The number of fused-ring (bicyclic) bond motifs is 1. The molecule has 4 rings (SSSR count). The molecule has 1 aromatic carbocycles. The third-order valence-electron chi connectivity index (χ3n) is 4.92. The number of benzene rings is 1. The van der Waals surface area contributed by atoms with E-state index in [1.165, 1.54) is 11.2 Å². The molecule has 29 heavy (non-hydrogen) atoms. The number of morpholine rings is 1. The molecule has 2 aromatic rings. The molecule has 2 aliphatic rings. The summed E-state index contributed by atoms with van der Waals surface area (Å²) in [6, 6.07) is 8.47. The van der Waals surface area contributed by atoms with Crippen molar-refractivity contribution >= 4 is 29.4 Å². The summed E-state index contributed by atoms with van der Waals surface area (Å²) in [5.74, 6) is 0.319. The fourth-order valence-corrected chi connectivity index (χ4v) is 3.43. The summed E-state index contributed by atoms with van der Waals surface area (Å²) in [5.41, 5.74) is 0.831. The van der Waals surface area contributed by atoms with Crippen LogP contribution in [-0.2, 0) is 9.53 Å². The van der Waals surface area contributed by atoms with Crippen molar-refractivity contribution in [3.05, 3.63) is 47.8 Å². The van der Waals surface area contributed by atoms with E-state index >= 15 is 0 Å². The van der Waals surface area contributed by atoms with E-state index in [1.807, 2.05) is 0 Å². The first kappa shape index (κ1) is 19.0. The zero-order valence-corrected chi connectivity index (χ0v) is 15.8. The number of carbonyl (C=O) groups is 3. The smallest absolute Gasteiger partial charge is 0.261 e. The molecule has 1 fully saturated rings. The lowest BCUT2D eigenvalue weighted by molar-refractivity contribution is -0.116. The molecule has 3 amide bonds. The molecular weight excluding hydrogens is 374 g/mol. The van der Waals surface area contributed by atoms with Crippen LogP contribution in [0.2, 0.25) is 0 Å². The molecule has 0 radical (unpaired) electrons. The Kier molecular flexibility index (Phi) is 5.48. The van der Waals surface area contributed by atoms with Gasteiger partial charge in [-0.3, -0.25) is 19.3 Å². The molecule has 0 aliphatic carbocycles. The highest BCUT2D eigenvalue weighted by Gasteiger charge is 2.34. The number of carbonyl (C=O) groups excluding carboxylic acids is 3. The number of nitrogens with zero attached hydrogens (tertiary/aromatic N) is 4. The molecule has 1 saturated heterocycles. The predicted octanol–water partition coefficient (Wildman–Crippen LogP) is 1.33. The van der Waals surface area contributed by atoms with Gasteiger partial charge in [0.2, 0.25) is 5.91 Å². The maximum atomic E-state index is 12.3.